The Morgan fingerprint density at radius 2 is 2.27 bits per heavy atom. The molecule has 2 nitrogen and oxygen atoms in total. The molecule has 0 aliphatic heterocycles. The Morgan fingerprint density at radius 3 is 2.64 bits per heavy atom. The van der Waals surface area contributed by atoms with E-state index >= 15 is 0 Å². The van der Waals surface area contributed by atoms with Crippen molar-refractivity contribution < 1.29 is 5.11 Å². The molecule has 0 amide bonds. The van der Waals surface area contributed by atoms with Gasteiger partial charge in [-0.1, -0.05) is 19.9 Å². The first kappa shape index (κ1) is 8.71. The molecule has 11 heavy (non-hydrogen) atoms. The van der Waals surface area contributed by atoms with E-state index in [1.54, 1.807) is 0 Å². The van der Waals surface area contributed by atoms with Gasteiger partial charge in [-0.15, -0.1) is 11.3 Å². The lowest BCUT2D eigenvalue weighted by Crippen LogP contribution is -2.40. The average Bonchev–Trinajstić information content (AvgIpc) is 2.37. The number of nitrogens with two attached hydrogens (primary N) is 1. The molecule has 3 N–H and O–H groups in total. The third-order valence-electron chi connectivity index (χ3n) is 1.80. The summed E-state index contributed by atoms with van der Waals surface area (Å²) in [5.74, 6) is 0.0427. The predicted molar refractivity (Wildman–Crippen MR) is 47.2 cm³/mol. The molecular weight excluding hydrogens is 158 g/mol. The van der Waals surface area contributed by atoms with Crippen LogP contribution in [-0.2, 0) is 5.72 Å². The number of thiophene rings is 1. The van der Waals surface area contributed by atoms with Crippen LogP contribution in [0.3, 0.4) is 0 Å². The van der Waals surface area contributed by atoms with Crippen LogP contribution in [0, 0.1) is 5.92 Å². The molecule has 0 unspecified atom stereocenters. The summed E-state index contributed by atoms with van der Waals surface area (Å²) in [5, 5.41) is 11.7. The van der Waals surface area contributed by atoms with Gasteiger partial charge in [0.1, 0.15) is 0 Å². The maximum Gasteiger partial charge on any atom is 0.151 e. The van der Waals surface area contributed by atoms with Crippen molar-refractivity contribution in [2.75, 3.05) is 0 Å². The summed E-state index contributed by atoms with van der Waals surface area (Å²) in [6.45, 7) is 3.80. The summed E-state index contributed by atoms with van der Waals surface area (Å²) >= 11 is 1.48. The zero-order valence-corrected chi connectivity index (χ0v) is 7.56. The van der Waals surface area contributed by atoms with Gasteiger partial charge in [0, 0.05) is 5.92 Å². The molecule has 0 radical (unpaired) electrons. The monoisotopic (exact) mass is 171 g/mol. The number of aliphatic hydroxyl groups is 1. The molecule has 1 aromatic rings. The molecule has 0 aliphatic carbocycles. The van der Waals surface area contributed by atoms with Gasteiger partial charge in [0.05, 0.1) is 4.88 Å². The van der Waals surface area contributed by atoms with E-state index < -0.39 is 5.72 Å². The van der Waals surface area contributed by atoms with Crippen molar-refractivity contribution in [1.82, 2.24) is 0 Å². The second-order valence-electron chi connectivity index (χ2n) is 2.96. The van der Waals surface area contributed by atoms with Crippen LogP contribution in [-0.4, -0.2) is 5.11 Å². The minimum absolute atomic E-state index is 0.0427. The van der Waals surface area contributed by atoms with Crippen LogP contribution >= 0.6 is 11.3 Å². The zero-order chi connectivity index (χ0) is 8.48. The molecular formula is C8H13NOS. The first-order valence-electron chi connectivity index (χ1n) is 3.60. The fraction of sp³-hybridized carbons (Fsp3) is 0.500. The van der Waals surface area contributed by atoms with E-state index in [0.717, 1.165) is 4.88 Å². The lowest BCUT2D eigenvalue weighted by Gasteiger charge is -2.25. The average molecular weight is 171 g/mol. The maximum absolute atomic E-state index is 9.74. The summed E-state index contributed by atoms with van der Waals surface area (Å²) in [6.07, 6.45) is 0. The summed E-state index contributed by atoms with van der Waals surface area (Å²) in [5.41, 5.74) is 4.53. The minimum atomic E-state index is -1.16. The van der Waals surface area contributed by atoms with Crippen molar-refractivity contribution in [2.24, 2.45) is 11.7 Å². The molecule has 0 saturated heterocycles. The fourth-order valence-electron chi connectivity index (χ4n) is 0.791. The highest BCUT2D eigenvalue weighted by molar-refractivity contribution is 7.10. The first-order valence-corrected chi connectivity index (χ1v) is 4.48. The van der Waals surface area contributed by atoms with Crippen molar-refractivity contribution in [3.05, 3.63) is 22.4 Å². The lowest BCUT2D eigenvalue weighted by atomic mass is 9.99. The van der Waals surface area contributed by atoms with E-state index in [4.69, 9.17) is 5.73 Å². The van der Waals surface area contributed by atoms with Gasteiger partial charge in [0.25, 0.3) is 0 Å². The quantitative estimate of drug-likeness (QED) is 0.662. The van der Waals surface area contributed by atoms with E-state index in [2.05, 4.69) is 0 Å². The van der Waals surface area contributed by atoms with Crippen molar-refractivity contribution in [3.8, 4) is 0 Å². The van der Waals surface area contributed by atoms with Crippen LogP contribution in [0.5, 0.6) is 0 Å². The van der Waals surface area contributed by atoms with Crippen molar-refractivity contribution in [3.63, 3.8) is 0 Å². The molecule has 0 spiro atoms. The summed E-state index contributed by atoms with van der Waals surface area (Å²) < 4.78 is 0. The topological polar surface area (TPSA) is 46.2 Å². The SMILES string of the molecule is CC(C)[C@](N)(O)c1cccs1. The Kier molecular flexibility index (Phi) is 2.32. The third-order valence-corrected chi connectivity index (χ3v) is 2.81. The molecule has 0 bridgehead atoms. The molecule has 0 aliphatic rings. The van der Waals surface area contributed by atoms with E-state index in [-0.39, 0.29) is 5.92 Å². The van der Waals surface area contributed by atoms with Gasteiger partial charge in [0.15, 0.2) is 5.72 Å². The fourth-order valence-corrected chi connectivity index (χ4v) is 1.68. The van der Waals surface area contributed by atoms with E-state index in [1.807, 2.05) is 31.4 Å². The Hall–Kier alpha value is -0.380. The molecule has 3 heteroatoms. The number of hydrogen-bond donors (Lipinski definition) is 2. The maximum atomic E-state index is 9.74. The van der Waals surface area contributed by atoms with Crippen LogP contribution in [0.25, 0.3) is 0 Å². The molecule has 1 atom stereocenters. The second-order valence-corrected chi connectivity index (χ2v) is 3.91. The molecule has 1 heterocycles. The largest absolute Gasteiger partial charge is 0.371 e. The number of rotatable bonds is 2. The summed E-state index contributed by atoms with van der Waals surface area (Å²) in [7, 11) is 0. The second kappa shape index (κ2) is 2.93. The van der Waals surface area contributed by atoms with Gasteiger partial charge >= 0.3 is 0 Å². The smallest absolute Gasteiger partial charge is 0.151 e. The van der Waals surface area contributed by atoms with Crippen molar-refractivity contribution in [2.45, 2.75) is 19.6 Å². The van der Waals surface area contributed by atoms with Crippen LogP contribution in [0.4, 0.5) is 0 Å². The summed E-state index contributed by atoms with van der Waals surface area (Å²) in [6, 6.07) is 3.74. The van der Waals surface area contributed by atoms with Gasteiger partial charge in [-0.05, 0) is 11.4 Å². The predicted octanol–water partition coefficient (Wildman–Crippen LogP) is 1.51. The van der Waals surface area contributed by atoms with E-state index in [9.17, 15) is 5.11 Å². The molecule has 0 fully saturated rings. The minimum Gasteiger partial charge on any atom is -0.371 e. The Morgan fingerprint density at radius 1 is 1.64 bits per heavy atom. The normalized spacial score (nSPS) is 16.8. The van der Waals surface area contributed by atoms with Crippen LogP contribution < -0.4 is 5.73 Å². The first-order chi connectivity index (χ1) is 5.05. The van der Waals surface area contributed by atoms with Crippen LogP contribution in [0.2, 0.25) is 0 Å². The highest BCUT2D eigenvalue weighted by atomic mass is 32.1. The van der Waals surface area contributed by atoms with Gasteiger partial charge in [-0.25, -0.2) is 0 Å². The molecule has 1 aromatic heterocycles. The molecule has 1 rings (SSSR count). The highest BCUT2D eigenvalue weighted by Crippen LogP contribution is 2.27. The Labute approximate surface area is 70.7 Å². The summed E-state index contributed by atoms with van der Waals surface area (Å²) in [4.78, 5) is 0.826. The molecule has 0 saturated carbocycles. The van der Waals surface area contributed by atoms with E-state index in [1.165, 1.54) is 11.3 Å². The van der Waals surface area contributed by atoms with Gasteiger partial charge in [0.2, 0.25) is 0 Å². The Bertz CT molecular complexity index is 216. The van der Waals surface area contributed by atoms with Crippen LogP contribution in [0.15, 0.2) is 17.5 Å². The standard InChI is InChI=1S/C8H13NOS/c1-6(2)8(9,10)7-4-3-5-11-7/h3-6,10H,9H2,1-2H3/t8-/m0/s1. The lowest BCUT2D eigenvalue weighted by molar-refractivity contribution is -0.000373. The highest BCUT2D eigenvalue weighted by Gasteiger charge is 2.28. The van der Waals surface area contributed by atoms with E-state index in [0.29, 0.717) is 0 Å². The molecule has 62 valence electrons. The van der Waals surface area contributed by atoms with Crippen molar-refractivity contribution >= 4 is 11.3 Å². The van der Waals surface area contributed by atoms with Crippen molar-refractivity contribution in [1.29, 1.82) is 0 Å². The van der Waals surface area contributed by atoms with Gasteiger partial charge < -0.3 is 5.11 Å². The molecule has 0 aromatic carbocycles. The zero-order valence-electron chi connectivity index (χ0n) is 6.74. The van der Waals surface area contributed by atoms with Gasteiger partial charge in [-0.3, -0.25) is 5.73 Å². The Balaban J connectivity index is 2.90. The van der Waals surface area contributed by atoms with Crippen LogP contribution in [0.1, 0.15) is 18.7 Å². The van der Waals surface area contributed by atoms with Gasteiger partial charge in [-0.2, -0.15) is 0 Å². The third kappa shape index (κ3) is 1.61. The number of hydrogen-bond acceptors (Lipinski definition) is 3.